The molecule has 0 spiro atoms. The van der Waals surface area contributed by atoms with E-state index in [1.54, 1.807) is 18.2 Å². The predicted octanol–water partition coefficient (Wildman–Crippen LogP) is 4.13. The molecular formula is C24H24Cl2F3N3O3. The van der Waals surface area contributed by atoms with Crippen LogP contribution in [0.25, 0.3) is 0 Å². The van der Waals surface area contributed by atoms with Crippen molar-refractivity contribution in [2.75, 3.05) is 13.1 Å². The van der Waals surface area contributed by atoms with Gasteiger partial charge in [0.25, 0.3) is 0 Å². The number of halogens is 5. The Kier molecular flexibility index (Phi) is 7.49. The minimum Gasteiger partial charge on any atom is -0.406 e. The summed E-state index contributed by atoms with van der Waals surface area (Å²) in [6, 6.07) is 9.26. The van der Waals surface area contributed by atoms with E-state index in [1.807, 2.05) is 0 Å². The van der Waals surface area contributed by atoms with Gasteiger partial charge < -0.3 is 20.7 Å². The van der Waals surface area contributed by atoms with Gasteiger partial charge in [0.05, 0.1) is 5.41 Å². The predicted molar refractivity (Wildman–Crippen MR) is 126 cm³/mol. The molecule has 6 nitrogen and oxygen atoms in total. The molecule has 0 unspecified atom stereocenters. The van der Waals surface area contributed by atoms with E-state index in [9.17, 15) is 22.8 Å². The highest BCUT2D eigenvalue weighted by Gasteiger charge is 2.52. The van der Waals surface area contributed by atoms with E-state index < -0.39 is 17.8 Å². The van der Waals surface area contributed by atoms with Gasteiger partial charge in [-0.05, 0) is 61.2 Å². The molecule has 3 N–H and O–H groups in total. The van der Waals surface area contributed by atoms with Crippen LogP contribution >= 0.6 is 23.2 Å². The Bertz CT molecular complexity index is 1090. The summed E-state index contributed by atoms with van der Waals surface area (Å²) in [6.07, 6.45) is -2.83. The van der Waals surface area contributed by atoms with Crippen molar-refractivity contribution in [3.63, 3.8) is 0 Å². The van der Waals surface area contributed by atoms with Crippen LogP contribution in [0.4, 0.5) is 13.2 Å². The van der Waals surface area contributed by atoms with E-state index in [4.69, 9.17) is 23.2 Å². The molecule has 2 aromatic rings. The Labute approximate surface area is 210 Å². The summed E-state index contributed by atoms with van der Waals surface area (Å²) in [6.45, 7) is 1.44. The molecule has 0 radical (unpaired) electrons. The van der Waals surface area contributed by atoms with Gasteiger partial charge in [0.2, 0.25) is 11.8 Å². The highest BCUT2D eigenvalue weighted by atomic mass is 35.5. The zero-order valence-corrected chi connectivity index (χ0v) is 20.1. The van der Waals surface area contributed by atoms with Crippen molar-refractivity contribution in [1.29, 1.82) is 0 Å². The number of rotatable bonds is 8. The number of amides is 2. The second-order valence-corrected chi connectivity index (χ2v) is 9.66. The topological polar surface area (TPSA) is 79.5 Å². The van der Waals surface area contributed by atoms with Gasteiger partial charge >= 0.3 is 6.36 Å². The number of hydrogen-bond acceptors (Lipinski definition) is 4. The summed E-state index contributed by atoms with van der Waals surface area (Å²) in [5.74, 6) is -1.06. The van der Waals surface area contributed by atoms with Crippen LogP contribution in [0.1, 0.15) is 30.4 Å². The first-order valence-electron chi connectivity index (χ1n) is 11.2. The largest absolute Gasteiger partial charge is 0.573 e. The lowest BCUT2D eigenvalue weighted by atomic mass is 9.94. The molecule has 11 heteroatoms. The first-order chi connectivity index (χ1) is 16.6. The maximum Gasteiger partial charge on any atom is 0.573 e. The lowest BCUT2D eigenvalue weighted by Crippen LogP contribution is -2.53. The van der Waals surface area contributed by atoms with Crippen LogP contribution in [0.5, 0.6) is 5.75 Å². The van der Waals surface area contributed by atoms with Crippen molar-refractivity contribution in [3.05, 3.63) is 63.6 Å². The average Bonchev–Trinajstić information content (AvgIpc) is 3.44. The van der Waals surface area contributed by atoms with Crippen LogP contribution in [0.2, 0.25) is 10.0 Å². The highest BCUT2D eigenvalue weighted by Crippen LogP contribution is 2.49. The molecule has 1 aliphatic carbocycles. The SMILES string of the molecule is O=C(N[C@H]1CCNC1)[C@H](Cc1ccc(Cl)cc1Cl)NC(=O)C1(c2ccc(OC(F)(F)F)cc2)CC1. The molecule has 0 aromatic heterocycles. The number of benzene rings is 2. The fraction of sp³-hybridized carbons (Fsp3) is 0.417. The van der Waals surface area contributed by atoms with Gasteiger partial charge in [-0.2, -0.15) is 0 Å². The minimum atomic E-state index is -4.80. The van der Waals surface area contributed by atoms with Gasteiger partial charge in [-0.15, -0.1) is 13.2 Å². The zero-order chi connectivity index (χ0) is 25.2. The average molecular weight is 530 g/mol. The van der Waals surface area contributed by atoms with Gasteiger partial charge in [-0.25, -0.2) is 0 Å². The molecule has 188 valence electrons. The Balaban J connectivity index is 1.51. The molecule has 2 fully saturated rings. The number of alkyl halides is 3. The molecule has 2 aromatic carbocycles. The Hall–Kier alpha value is -2.49. The van der Waals surface area contributed by atoms with Crippen LogP contribution in [0, 0.1) is 0 Å². The third-order valence-electron chi connectivity index (χ3n) is 6.29. The third kappa shape index (κ3) is 6.39. The summed E-state index contributed by atoms with van der Waals surface area (Å²) < 4.78 is 41.3. The first-order valence-corrected chi connectivity index (χ1v) is 11.9. The van der Waals surface area contributed by atoms with E-state index in [1.165, 1.54) is 24.3 Å². The number of nitrogens with one attached hydrogen (secondary N) is 3. The molecule has 0 bridgehead atoms. The number of hydrogen-bond donors (Lipinski definition) is 3. The van der Waals surface area contributed by atoms with E-state index in [0.29, 0.717) is 40.6 Å². The molecule has 2 atom stereocenters. The van der Waals surface area contributed by atoms with Crippen LogP contribution in [-0.2, 0) is 21.4 Å². The van der Waals surface area contributed by atoms with Gasteiger partial charge in [-0.3, -0.25) is 9.59 Å². The van der Waals surface area contributed by atoms with Crippen LogP contribution in [0.3, 0.4) is 0 Å². The molecule has 1 aliphatic heterocycles. The van der Waals surface area contributed by atoms with Crippen molar-refractivity contribution < 1.29 is 27.5 Å². The summed E-state index contributed by atoms with van der Waals surface area (Å²) >= 11 is 12.3. The number of ether oxygens (including phenoxy) is 1. The summed E-state index contributed by atoms with van der Waals surface area (Å²) in [4.78, 5) is 26.5. The molecule has 1 saturated heterocycles. The molecular weight excluding hydrogens is 506 g/mol. The quantitative estimate of drug-likeness (QED) is 0.480. The smallest absolute Gasteiger partial charge is 0.406 e. The van der Waals surface area contributed by atoms with E-state index in [2.05, 4.69) is 20.7 Å². The molecule has 4 rings (SSSR count). The van der Waals surface area contributed by atoms with Crippen molar-refractivity contribution in [1.82, 2.24) is 16.0 Å². The Morgan fingerprint density at radius 1 is 1.14 bits per heavy atom. The maximum atomic E-state index is 13.4. The summed E-state index contributed by atoms with van der Waals surface area (Å²) in [5, 5.41) is 9.84. The van der Waals surface area contributed by atoms with Crippen LogP contribution < -0.4 is 20.7 Å². The molecule has 35 heavy (non-hydrogen) atoms. The Morgan fingerprint density at radius 2 is 1.86 bits per heavy atom. The second-order valence-electron chi connectivity index (χ2n) is 8.82. The molecule has 2 amide bonds. The van der Waals surface area contributed by atoms with Crippen LogP contribution in [-0.4, -0.2) is 43.3 Å². The number of carbonyl (C=O) groups is 2. The zero-order valence-electron chi connectivity index (χ0n) is 18.6. The highest BCUT2D eigenvalue weighted by molar-refractivity contribution is 6.35. The minimum absolute atomic E-state index is 0.0429. The van der Waals surface area contributed by atoms with Crippen molar-refractivity contribution in [2.24, 2.45) is 0 Å². The van der Waals surface area contributed by atoms with E-state index >= 15 is 0 Å². The normalized spacial score (nSPS) is 19.6. The third-order valence-corrected chi connectivity index (χ3v) is 6.88. The van der Waals surface area contributed by atoms with E-state index in [-0.39, 0.29) is 30.0 Å². The lowest BCUT2D eigenvalue weighted by molar-refractivity contribution is -0.274. The summed E-state index contributed by atoms with van der Waals surface area (Å²) in [5.41, 5.74) is 0.307. The van der Waals surface area contributed by atoms with Gasteiger partial charge in [0.15, 0.2) is 0 Å². The van der Waals surface area contributed by atoms with Crippen LogP contribution in [0.15, 0.2) is 42.5 Å². The second kappa shape index (κ2) is 10.2. The maximum absolute atomic E-state index is 13.4. The number of carbonyl (C=O) groups excluding carboxylic acids is 2. The standard InChI is InChI=1S/C24H24Cl2F3N3O3/c25-16-4-1-14(19(26)12-16)11-20(21(33)31-17-7-10-30-13-17)32-22(34)23(8-9-23)15-2-5-18(6-3-15)35-24(27,28)29/h1-6,12,17,20,30H,7-11,13H2,(H,31,33)(H,32,34)/t17-,20-/m0/s1. The van der Waals surface area contributed by atoms with Crippen molar-refractivity contribution in [3.8, 4) is 5.75 Å². The first kappa shape index (κ1) is 25.6. The van der Waals surface area contributed by atoms with Gasteiger partial charge in [0.1, 0.15) is 11.8 Å². The molecule has 1 heterocycles. The molecule has 1 saturated carbocycles. The van der Waals surface area contributed by atoms with Crippen molar-refractivity contribution in [2.45, 2.75) is 49.5 Å². The molecule has 2 aliphatic rings. The van der Waals surface area contributed by atoms with Crippen molar-refractivity contribution >= 4 is 35.0 Å². The van der Waals surface area contributed by atoms with Gasteiger partial charge in [0, 0.05) is 29.1 Å². The van der Waals surface area contributed by atoms with Gasteiger partial charge in [-0.1, -0.05) is 41.4 Å². The lowest BCUT2D eigenvalue weighted by Gasteiger charge is -2.24. The van der Waals surface area contributed by atoms with E-state index in [0.717, 1.165) is 13.0 Å². The Morgan fingerprint density at radius 3 is 2.43 bits per heavy atom. The summed E-state index contributed by atoms with van der Waals surface area (Å²) in [7, 11) is 0. The monoisotopic (exact) mass is 529 g/mol. The fourth-order valence-corrected chi connectivity index (χ4v) is 4.73. The fourth-order valence-electron chi connectivity index (χ4n) is 4.24.